The second-order valence-electron chi connectivity index (χ2n) is 6.02. The molecule has 4 nitrogen and oxygen atoms in total. The SMILES string of the molecule is CCNCC(C)(CC)CN1CCN(c2nccs2)CC1. The number of thiazole rings is 1. The van der Waals surface area contributed by atoms with Gasteiger partial charge in [0.2, 0.25) is 0 Å². The number of nitrogens with zero attached hydrogens (tertiary/aromatic N) is 3. The van der Waals surface area contributed by atoms with E-state index in [1.165, 1.54) is 18.1 Å². The monoisotopic (exact) mass is 296 g/mol. The maximum Gasteiger partial charge on any atom is 0.185 e. The van der Waals surface area contributed by atoms with Crippen LogP contribution in [0.4, 0.5) is 5.13 Å². The molecule has 1 atom stereocenters. The molecule has 1 saturated heterocycles. The van der Waals surface area contributed by atoms with Crippen molar-refractivity contribution >= 4 is 16.5 Å². The number of hydrogen-bond donors (Lipinski definition) is 1. The number of nitrogens with one attached hydrogen (secondary N) is 1. The van der Waals surface area contributed by atoms with E-state index in [1.54, 1.807) is 11.3 Å². The molecule has 2 heterocycles. The van der Waals surface area contributed by atoms with Gasteiger partial charge < -0.3 is 10.2 Å². The average Bonchev–Trinajstić information content (AvgIpc) is 3.00. The minimum absolute atomic E-state index is 0.388. The average molecular weight is 296 g/mol. The van der Waals surface area contributed by atoms with Crippen LogP contribution in [0.25, 0.3) is 0 Å². The van der Waals surface area contributed by atoms with Crippen LogP contribution in [0.15, 0.2) is 11.6 Å². The zero-order valence-corrected chi connectivity index (χ0v) is 13.9. The van der Waals surface area contributed by atoms with E-state index in [1.807, 2.05) is 6.20 Å². The van der Waals surface area contributed by atoms with E-state index < -0.39 is 0 Å². The van der Waals surface area contributed by atoms with Gasteiger partial charge in [-0.15, -0.1) is 11.3 Å². The van der Waals surface area contributed by atoms with Gasteiger partial charge in [-0.3, -0.25) is 4.90 Å². The molecule has 0 aliphatic carbocycles. The van der Waals surface area contributed by atoms with E-state index in [0.29, 0.717) is 5.41 Å². The van der Waals surface area contributed by atoms with Crippen LogP contribution >= 0.6 is 11.3 Å². The second-order valence-corrected chi connectivity index (χ2v) is 6.90. The quantitative estimate of drug-likeness (QED) is 0.836. The molecular formula is C15H28N4S. The molecular weight excluding hydrogens is 268 g/mol. The van der Waals surface area contributed by atoms with Crippen molar-refractivity contribution in [1.29, 1.82) is 0 Å². The Balaban J connectivity index is 1.81. The highest BCUT2D eigenvalue weighted by Crippen LogP contribution is 2.24. The molecule has 114 valence electrons. The summed E-state index contributed by atoms with van der Waals surface area (Å²) in [4.78, 5) is 9.44. The first-order chi connectivity index (χ1) is 9.67. The summed E-state index contributed by atoms with van der Waals surface area (Å²) < 4.78 is 0. The molecule has 1 aromatic heterocycles. The van der Waals surface area contributed by atoms with Crippen molar-refractivity contribution in [3.8, 4) is 0 Å². The normalized spacial score (nSPS) is 20.1. The summed E-state index contributed by atoms with van der Waals surface area (Å²) in [5, 5.41) is 6.75. The molecule has 5 heteroatoms. The largest absolute Gasteiger partial charge is 0.346 e. The fourth-order valence-corrected chi connectivity index (χ4v) is 3.43. The maximum absolute atomic E-state index is 4.41. The summed E-state index contributed by atoms with van der Waals surface area (Å²) >= 11 is 1.75. The summed E-state index contributed by atoms with van der Waals surface area (Å²) in [5.41, 5.74) is 0.388. The number of piperazine rings is 1. The molecule has 0 bridgehead atoms. The zero-order valence-electron chi connectivity index (χ0n) is 13.1. The van der Waals surface area contributed by atoms with Gasteiger partial charge >= 0.3 is 0 Å². The molecule has 0 spiro atoms. The Kier molecular flexibility index (Phi) is 5.81. The minimum atomic E-state index is 0.388. The predicted octanol–water partition coefficient (Wildman–Crippen LogP) is 2.29. The van der Waals surface area contributed by atoms with Crippen molar-refractivity contribution in [2.75, 3.05) is 50.7 Å². The molecule has 0 radical (unpaired) electrons. The number of anilines is 1. The highest BCUT2D eigenvalue weighted by molar-refractivity contribution is 7.13. The molecule has 0 aromatic carbocycles. The lowest BCUT2D eigenvalue weighted by atomic mass is 9.86. The maximum atomic E-state index is 4.41. The highest BCUT2D eigenvalue weighted by atomic mass is 32.1. The summed E-state index contributed by atoms with van der Waals surface area (Å²) in [6.45, 7) is 14.8. The van der Waals surface area contributed by atoms with Gasteiger partial charge in [-0.1, -0.05) is 20.8 Å². The van der Waals surface area contributed by atoms with Crippen molar-refractivity contribution in [2.45, 2.75) is 27.2 Å². The number of hydrogen-bond acceptors (Lipinski definition) is 5. The second kappa shape index (κ2) is 7.38. The highest BCUT2D eigenvalue weighted by Gasteiger charge is 2.27. The van der Waals surface area contributed by atoms with Gasteiger partial charge in [0.15, 0.2) is 5.13 Å². The van der Waals surface area contributed by atoms with Gasteiger partial charge in [-0.05, 0) is 18.4 Å². The molecule has 20 heavy (non-hydrogen) atoms. The van der Waals surface area contributed by atoms with Gasteiger partial charge in [0, 0.05) is 50.8 Å². The van der Waals surface area contributed by atoms with Gasteiger partial charge in [0.25, 0.3) is 0 Å². The summed E-state index contributed by atoms with van der Waals surface area (Å²) in [7, 11) is 0. The zero-order chi connectivity index (χ0) is 14.4. The van der Waals surface area contributed by atoms with Crippen molar-refractivity contribution in [3.63, 3.8) is 0 Å². The Morgan fingerprint density at radius 2 is 2.05 bits per heavy atom. The minimum Gasteiger partial charge on any atom is -0.346 e. The van der Waals surface area contributed by atoms with Crippen LogP contribution in [0.3, 0.4) is 0 Å². The molecule has 1 fully saturated rings. The first-order valence-corrected chi connectivity index (χ1v) is 8.62. The molecule has 1 aromatic rings. The smallest absolute Gasteiger partial charge is 0.185 e. The topological polar surface area (TPSA) is 31.4 Å². The molecule has 1 aliphatic rings. The van der Waals surface area contributed by atoms with Crippen LogP contribution in [0.5, 0.6) is 0 Å². The summed E-state index contributed by atoms with van der Waals surface area (Å²) in [5.74, 6) is 0. The molecule has 0 saturated carbocycles. The van der Waals surface area contributed by atoms with Gasteiger partial charge in [0.05, 0.1) is 0 Å². The van der Waals surface area contributed by atoms with Gasteiger partial charge in [0.1, 0.15) is 0 Å². The molecule has 1 unspecified atom stereocenters. The Labute approximate surface area is 127 Å². The number of aromatic nitrogens is 1. The van der Waals surface area contributed by atoms with E-state index in [-0.39, 0.29) is 0 Å². The Hall–Kier alpha value is -0.650. The van der Waals surface area contributed by atoms with Crippen LogP contribution in [-0.4, -0.2) is 55.7 Å². The van der Waals surface area contributed by atoms with Crippen LogP contribution in [-0.2, 0) is 0 Å². The molecule has 2 rings (SSSR count). The van der Waals surface area contributed by atoms with Crippen LogP contribution < -0.4 is 10.2 Å². The van der Waals surface area contributed by atoms with E-state index in [0.717, 1.165) is 39.3 Å². The third-order valence-corrected chi connectivity index (χ3v) is 5.15. The van der Waals surface area contributed by atoms with Crippen molar-refractivity contribution in [3.05, 3.63) is 11.6 Å². The fraction of sp³-hybridized carbons (Fsp3) is 0.800. The first-order valence-electron chi connectivity index (χ1n) is 7.74. The lowest BCUT2D eigenvalue weighted by Crippen LogP contribution is -2.51. The van der Waals surface area contributed by atoms with Crippen LogP contribution in [0, 0.1) is 5.41 Å². The standard InChI is InChI=1S/C15H28N4S/c1-4-15(3,12-16-5-2)13-18-7-9-19(10-8-18)14-17-6-11-20-14/h6,11,16H,4-5,7-10,12-13H2,1-3H3. The van der Waals surface area contributed by atoms with Gasteiger partial charge in [-0.2, -0.15) is 0 Å². The molecule has 1 N–H and O–H groups in total. The van der Waals surface area contributed by atoms with Crippen molar-refractivity contribution < 1.29 is 0 Å². The summed E-state index contributed by atoms with van der Waals surface area (Å²) in [6, 6.07) is 0. The predicted molar refractivity (Wildman–Crippen MR) is 87.7 cm³/mol. The Morgan fingerprint density at radius 1 is 1.30 bits per heavy atom. The lowest BCUT2D eigenvalue weighted by molar-refractivity contribution is 0.149. The summed E-state index contributed by atoms with van der Waals surface area (Å²) in [6.07, 6.45) is 3.13. The van der Waals surface area contributed by atoms with Crippen LogP contribution in [0.2, 0.25) is 0 Å². The van der Waals surface area contributed by atoms with E-state index in [2.05, 4.69) is 46.3 Å². The molecule has 1 aliphatic heterocycles. The van der Waals surface area contributed by atoms with Crippen molar-refractivity contribution in [2.24, 2.45) is 5.41 Å². The first kappa shape index (κ1) is 15.7. The Bertz CT molecular complexity index is 373. The van der Waals surface area contributed by atoms with E-state index in [9.17, 15) is 0 Å². The fourth-order valence-electron chi connectivity index (χ4n) is 2.73. The number of rotatable bonds is 7. The van der Waals surface area contributed by atoms with Gasteiger partial charge in [-0.25, -0.2) is 4.98 Å². The third-order valence-electron chi connectivity index (χ3n) is 4.32. The van der Waals surface area contributed by atoms with E-state index in [4.69, 9.17) is 0 Å². The molecule has 0 amide bonds. The Morgan fingerprint density at radius 3 is 2.60 bits per heavy atom. The van der Waals surface area contributed by atoms with Crippen molar-refractivity contribution in [1.82, 2.24) is 15.2 Å². The van der Waals surface area contributed by atoms with E-state index >= 15 is 0 Å². The lowest BCUT2D eigenvalue weighted by Gasteiger charge is -2.40. The van der Waals surface area contributed by atoms with Crippen LogP contribution in [0.1, 0.15) is 27.2 Å². The third kappa shape index (κ3) is 4.17.